The van der Waals surface area contributed by atoms with Crippen LogP contribution in [0, 0.1) is 0 Å². The zero-order chi connectivity index (χ0) is 9.31. The first kappa shape index (κ1) is 8.97. The number of nitrogens with one attached hydrogen (secondary N) is 1. The third-order valence-electron chi connectivity index (χ3n) is 2.89. The molecular formula is C9H16N2O2. The van der Waals surface area contributed by atoms with Crippen LogP contribution in [0.2, 0.25) is 0 Å². The quantitative estimate of drug-likeness (QED) is 0.557. The summed E-state index contributed by atoms with van der Waals surface area (Å²) in [6, 6.07) is 0. The second kappa shape index (κ2) is 3.27. The van der Waals surface area contributed by atoms with Crippen molar-refractivity contribution in [1.29, 1.82) is 0 Å². The SMILES string of the molecule is CN1CCO[C@]2(CCCNC2)C1=O. The van der Waals surface area contributed by atoms with Crippen LogP contribution in [-0.4, -0.2) is 49.7 Å². The number of hydrogen-bond donors (Lipinski definition) is 1. The Labute approximate surface area is 78.2 Å². The largest absolute Gasteiger partial charge is 0.362 e. The van der Waals surface area contributed by atoms with Gasteiger partial charge in [0.05, 0.1) is 6.61 Å². The van der Waals surface area contributed by atoms with Gasteiger partial charge in [0, 0.05) is 20.1 Å². The first-order chi connectivity index (χ1) is 6.25. The molecule has 1 amide bonds. The minimum Gasteiger partial charge on any atom is -0.362 e. The maximum atomic E-state index is 11.9. The second-order valence-electron chi connectivity index (χ2n) is 3.85. The number of carbonyl (C=O) groups excluding carboxylic acids is 1. The average molecular weight is 184 g/mol. The van der Waals surface area contributed by atoms with Gasteiger partial charge in [-0.1, -0.05) is 0 Å². The zero-order valence-corrected chi connectivity index (χ0v) is 8.01. The van der Waals surface area contributed by atoms with Crippen molar-refractivity contribution in [3.05, 3.63) is 0 Å². The van der Waals surface area contributed by atoms with Crippen molar-refractivity contribution < 1.29 is 9.53 Å². The van der Waals surface area contributed by atoms with Gasteiger partial charge in [-0.3, -0.25) is 4.79 Å². The number of morpholine rings is 1. The molecule has 0 saturated carbocycles. The summed E-state index contributed by atoms with van der Waals surface area (Å²) in [5.74, 6) is 0.144. The minimum atomic E-state index is -0.536. The molecular weight excluding hydrogens is 168 g/mol. The lowest BCUT2D eigenvalue weighted by atomic mass is 9.91. The fourth-order valence-corrected chi connectivity index (χ4v) is 2.07. The molecule has 0 aromatic rings. The van der Waals surface area contributed by atoms with Crippen molar-refractivity contribution in [3.8, 4) is 0 Å². The van der Waals surface area contributed by atoms with E-state index in [4.69, 9.17) is 4.74 Å². The molecule has 0 aromatic carbocycles. The standard InChI is InChI=1S/C9H16N2O2/c1-11-5-6-13-9(8(11)12)3-2-4-10-7-9/h10H,2-7H2,1H3/t9-/m0/s1. The molecule has 0 unspecified atom stereocenters. The van der Waals surface area contributed by atoms with E-state index in [1.165, 1.54) is 0 Å². The molecule has 1 N–H and O–H groups in total. The Morgan fingerprint density at radius 3 is 3.15 bits per heavy atom. The van der Waals surface area contributed by atoms with Crippen LogP contribution in [0.3, 0.4) is 0 Å². The minimum absolute atomic E-state index is 0.144. The van der Waals surface area contributed by atoms with E-state index in [0.29, 0.717) is 13.2 Å². The summed E-state index contributed by atoms with van der Waals surface area (Å²) in [6.07, 6.45) is 1.89. The molecule has 2 rings (SSSR count). The Morgan fingerprint density at radius 1 is 1.62 bits per heavy atom. The molecule has 13 heavy (non-hydrogen) atoms. The predicted octanol–water partition coefficient (Wildman–Crippen LogP) is -0.403. The monoisotopic (exact) mass is 184 g/mol. The van der Waals surface area contributed by atoms with Gasteiger partial charge in [0.15, 0.2) is 5.60 Å². The number of likely N-dealkylation sites (N-methyl/N-ethyl adjacent to an activating group) is 1. The third kappa shape index (κ3) is 1.44. The summed E-state index contributed by atoms with van der Waals surface area (Å²) in [5.41, 5.74) is -0.536. The van der Waals surface area contributed by atoms with Gasteiger partial charge in [-0.25, -0.2) is 0 Å². The summed E-state index contributed by atoms with van der Waals surface area (Å²) in [6.45, 7) is 3.07. The Balaban J connectivity index is 2.14. The van der Waals surface area contributed by atoms with Crippen LogP contribution in [0.25, 0.3) is 0 Å². The Bertz CT molecular complexity index is 206. The van der Waals surface area contributed by atoms with Crippen LogP contribution in [-0.2, 0) is 9.53 Å². The Kier molecular flexibility index (Phi) is 2.26. The lowest BCUT2D eigenvalue weighted by Crippen LogP contribution is -2.61. The maximum absolute atomic E-state index is 11.9. The fraction of sp³-hybridized carbons (Fsp3) is 0.889. The van der Waals surface area contributed by atoms with Crippen molar-refractivity contribution in [3.63, 3.8) is 0 Å². The van der Waals surface area contributed by atoms with Gasteiger partial charge < -0.3 is 15.0 Å². The van der Waals surface area contributed by atoms with Crippen LogP contribution >= 0.6 is 0 Å². The predicted molar refractivity (Wildman–Crippen MR) is 48.4 cm³/mol. The number of rotatable bonds is 0. The van der Waals surface area contributed by atoms with Gasteiger partial charge in [-0.2, -0.15) is 0 Å². The van der Waals surface area contributed by atoms with Crippen LogP contribution in [0.5, 0.6) is 0 Å². The van der Waals surface area contributed by atoms with E-state index in [-0.39, 0.29) is 5.91 Å². The highest BCUT2D eigenvalue weighted by Crippen LogP contribution is 2.25. The van der Waals surface area contributed by atoms with Crippen LogP contribution in [0.4, 0.5) is 0 Å². The van der Waals surface area contributed by atoms with E-state index in [0.717, 1.165) is 25.9 Å². The lowest BCUT2D eigenvalue weighted by molar-refractivity contribution is -0.172. The first-order valence-corrected chi connectivity index (χ1v) is 4.85. The van der Waals surface area contributed by atoms with E-state index in [1.54, 1.807) is 4.90 Å². The highest BCUT2D eigenvalue weighted by molar-refractivity contribution is 5.86. The molecule has 2 saturated heterocycles. The van der Waals surface area contributed by atoms with Crippen molar-refractivity contribution in [2.24, 2.45) is 0 Å². The molecule has 0 aromatic heterocycles. The highest BCUT2D eigenvalue weighted by atomic mass is 16.5. The van der Waals surface area contributed by atoms with Crippen molar-refractivity contribution in [2.75, 3.05) is 33.3 Å². The number of nitrogens with zero attached hydrogens (tertiary/aromatic N) is 1. The van der Waals surface area contributed by atoms with E-state index in [1.807, 2.05) is 7.05 Å². The van der Waals surface area contributed by atoms with Crippen LogP contribution < -0.4 is 5.32 Å². The summed E-state index contributed by atoms with van der Waals surface area (Å²) in [7, 11) is 1.85. The molecule has 0 radical (unpaired) electrons. The molecule has 74 valence electrons. The van der Waals surface area contributed by atoms with Gasteiger partial charge in [0.2, 0.25) is 0 Å². The van der Waals surface area contributed by atoms with E-state index in [9.17, 15) is 4.79 Å². The number of piperidine rings is 1. The molecule has 1 atom stereocenters. The fourth-order valence-electron chi connectivity index (χ4n) is 2.07. The van der Waals surface area contributed by atoms with Crippen molar-refractivity contribution in [2.45, 2.75) is 18.4 Å². The normalized spacial score (nSPS) is 35.5. The van der Waals surface area contributed by atoms with Gasteiger partial charge >= 0.3 is 0 Å². The molecule has 2 heterocycles. The van der Waals surface area contributed by atoms with Crippen LogP contribution in [0.15, 0.2) is 0 Å². The Morgan fingerprint density at radius 2 is 2.46 bits per heavy atom. The van der Waals surface area contributed by atoms with E-state index >= 15 is 0 Å². The van der Waals surface area contributed by atoms with Gasteiger partial charge in [0.25, 0.3) is 5.91 Å². The molecule has 4 nitrogen and oxygen atoms in total. The molecule has 0 bridgehead atoms. The van der Waals surface area contributed by atoms with Gasteiger partial charge in [-0.15, -0.1) is 0 Å². The third-order valence-corrected chi connectivity index (χ3v) is 2.89. The van der Waals surface area contributed by atoms with Gasteiger partial charge in [0.1, 0.15) is 0 Å². The molecule has 1 spiro atoms. The summed E-state index contributed by atoms with van der Waals surface area (Å²) >= 11 is 0. The van der Waals surface area contributed by atoms with Crippen LogP contribution in [0.1, 0.15) is 12.8 Å². The number of amides is 1. The highest BCUT2D eigenvalue weighted by Gasteiger charge is 2.44. The molecule has 2 aliphatic heterocycles. The van der Waals surface area contributed by atoms with Crippen molar-refractivity contribution >= 4 is 5.91 Å². The van der Waals surface area contributed by atoms with E-state index < -0.39 is 5.60 Å². The molecule has 4 heteroatoms. The summed E-state index contributed by atoms with van der Waals surface area (Å²) in [4.78, 5) is 13.6. The first-order valence-electron chi connectivity index (χ1n) is 4.85. The second-order valence-corrected chi connectivity index (χ2v) is 3.85. The molecule has 2 aliphatic rings. The number of ether oxygens (including phenoxy) is 1. The summed E-state index contributed by atoms with van der Waals surface area (Å²) < 4.78 is 5.64. The summed E-state index contributed by atoms with van der Waals surface area (Å²) in [5, 5.41) is 3.22. The zero-order valence-electron chi connectivity index (χ0n) is 8.01. The smallest absolute Gasteiger partial charge is 0.255 e. The average Bonchev–Trinajstić information content (AvgIpc) is 2.16. The molecule has 0 aliphatic carbocycles. The van der Waals surface area contributed by atoms with E-state index in [2.05, 4.69) is 5.32 Å². The number of hydrogen-bond acceptors (Lipinski definition) is 3. The Hall–Kier alpha value is -0.610. The number of carbonyl (C=O) groups is 1. The topological polar surface area (TPSA) is 41.6 Å². The van der Waals surface area contributed by atoms with Crippen molar-refractivity contribution in [1.82, 2.24) is 10.2 Å². The molecule has 2 fully saturated rings. The maximum Gasteiger partial charge on any atom is 0.255 e. The lowest BCUT2D eigenvalue weighted by Gasteiger charge is -2.42. The van der Waals surface area contributed by atoms with Gasteiger partial charge in [-0.05, 0) is 19.4 Å².